The largest absolute Gasteiger partial charge is 0.377 e. The lowest BCUT2D eigenvalue weighted by Gasteiger charge is -2.50. The fourth-order valence-electron chi connectivity index (χ4n) is 4.27. The second-order valence-corrected chi connectivity index (χ2v) is 7.64. The van der Waals surface area contributed by atoms with Crippen LogP contribution in [0.1, 0.15) is 37.7 Å². The number of piperidine rings is 1. The molecule has 0 bridgehead atoms. The van der Waals surface area contributed by atoms with E-state index < -0.39 is 0 Å². The van der Waals surface area contributed by atoms with Crippen LogP contribution in [0.5, 0.6) is 0 Å². The van der Waals surface area contributed by atoms with Crippen LogP contribution in [-0.4, -0.2) is 48.8 Å². The van der Waals surface area contributed by atoms with Crippen LogP contribution in [0.25, 0.3) is 0 Å². The summed E-state index contributed by atoms with van der Waals surface area (Å²) in [5, 5.41) is 0. The van der Waals surface area contributed by atoms with E-state index in [1.54, 1.807) is 0 Å². The van der Waals surface area contributed by atoms with Crippen molar-refractivity contribution in [1.82, 2.24) is 9.88 Å². The van der Waals surface area contributed by atoms with E-state index in [0.717, 1.165) is 25.7 Å². The van der Waals surface area contributed by atoms with Gasteiger partial charge in [0.05, 0.1) is 19.3 Å². The molecule has 3 aliphatic rings. The Bertz CT molecular complexity index is 505. The van der Waals surface area contributed by atoms with Crippen LogP contribution in [-0.2, 0) is 16.1 Å². The molecule has 0 radical (unpaired) electrons. The molecular formula is C19H28N2O2. The number of fused-ring (bicyclic) bond motifs is 1. The van der Waals surface area contributed by atoms with E-state index >= 15 is 0 Å². The predicted octanol–water partition coefficient (Wildman–Crippen LogP) is 2.88. The Balaban J connectivity index is 1.38. The summed E-state index contributed by atoms with van der Waals surface area (Å²) in [5.41, 5.74) is 1.41. The van der Waals surface area contributed by atoms with Gasteiger partial charge in [0.25, 0.3) is 0 Å². The van der Waals surface area contributed by atoms with Crippen LogP contribution in [0.3, 0.4) is 0 Å². The van der Waals surface area contributed by atoms with Gasteiger partial charge in [-0.05, 0) is 55.7 Å². The van der Waals surface area contributed by atoms with Crippen molar-refractivity contribution in [3.63, 3.8) is 0 Å². The Morgan fingerprint density at radius 1 is 1.26 bits per heavy atom. The molecule has 0 amide bonds. The molecule has 2 atom stereocenters. The topological polar surface area (TPSA) is 34.6 Å². The number of hydrogen-bond acceptors (Lipinski definition) is 4. The molecule has 0 N–H and O–H groups in total. The maximum Gasteiger partial charge on any atom is 0.0718 e. The third-order valence-corrected chi connectivity index (χ3v) is 5.69. The van der Waals surface area contributed by atoms with Crippen LogP contribution in [0.4, 0.5) is 0 Å². The molecule has 126 valence electrons. The minimum atomic E-state index is 0.207. The summed E-state index contributed by atoms with van der Waals surface area (Å²) in [5.74, 6) is 0.964. The molecule has 4 nitrogen and oxygen atoms in total. The second-order valence-electron chi connectivity index (χ2n) is 7.64. The SMILES string of the molecule is c1cc(COC[C@]23CCCO[C@H]2CCN(CC2CC2)C3)ccn1. The Morgan fingerprint density at radius 3 is 2.96 bits per heavy atom. The zero-order chi connectivity index (χ0) is 15.5. The predicted molar refractivity (Wildman–Crippen MR) is 89.1 cm³/mol. The monoisotopic (exact) mass is 316 g/mol. The highest BCUT2D eigenvalue weighted by molar-refractivity contribution is 5.08. The highest BCUT2D eigenvalue weighted by Crippen LogP contribution is 2.42. The summed E-state index contributed by atoms with van der Waals surface area (Å²) in [6.45, 7) is 6.08. The van der Waals surface area contributed by atoms with Crippen molar-refractivity contribution in [3.05, 3.63) is 30.1 Å². The van der Waals surface area contributed by atoms with Crippen LogP contribution >= 0.6 is 0 Å². The van der Waals surface area contributed by atoms with Crippen molar-refractivity contribution < 1.29 is 9.47 Å². The molecule has 3 heterocycles. The molecule has 1 aliphatic carbocycles. The highest BCUT2D eigenvalue weighted by atomic mass is 16.5. The minimum Gasteiger partial charge on any atom is -0.377 e. The normalized spacial score (nSPS) is 31.7. The summed E-state index contributed by atoms with van der Waals surface area (Å²) in [6.07, 6.45) is 10.5. The number of ether oxygens (including phenoxy) is 2. The highest BCUT2D eigenvalue weighted by Gasteiger charge is 2.46. The lowest BCUT2D eigenvalue weighted by Crippen LogP contribution is -2.57. The maximum atomic E-state index is 6.15. The zero-order valence-corrected chi connectivity index (χ0v) is 14.0. The molecule has 0 spiro atoms. The first kappa shape index (κ1) is 15.6. The van der Waals surface area contributed by atoms with E-state index in [0.29, 0.717) is 12.7 Å². The van der Waals surface area contributed by atoms with Crippen LogP contribution < -0.4 is 0 Å². The molecule has 4 heteroatoms. The summed E-state index contributed by atoms with van der Waals surface area (Å²) < 4.78 is 12.3. The fourth-order valence-corrected chi connectivity index (χ4v) is 4.27. The second kappa shape index (κ2) is 6.88. The van der Waals surface area contributed by atoms with E-state index in [1.165, 1.54) is 50.8 Å². The summed E-state index contributed by atoms with van der Waals surface area (Å²) >= 11 is 0. The standard InChI is InChI=1S/C19H28N2O2/c1-7-19(15-22-13-17-4-8-20-9-5-17)14-21(12-16-2-3-16)10-6-18(19)23-11-1/h4-5,8-9,16,18H,1-3,6-7,10-15H2/t18-,19+/m0/s1. The van der Waals surface area contributed by atoms with E-state index in [1.807, 2.05) is 24.5 Å². The van der Waals surface area contributed by atoms with Crippen LogP contribution in [0, 0.1) is 11.3 Å². The Labute approximate surface area is 139 Å². The Morgan fingerprint density at radius 2 is 2.13 bits per heavy atom. The van der Waals surface area contributed by atoms with E-state index in [4.69, 9.17) is 9.47 Å². The average molecular weight is 316 g/mol. The molecule has 0 aromatic carbocycles. The lowest BCUT2D eigenvalue weighted by molar-refractivity contribution is -0.155. The first-order valence-corrected chi connectivity index (χ1v) is 9.15. The van der Waals surface area contributed by atoms with E-state index in [2.05, 4.69) is 9.88 Å². The van der Waals surface area contributed by atoms with Gasteiger partial charge in [0.1, 0.15) is 0 Å². The zero-order valence-electron chi connectivity index (χ0n) is 14.0. The Kier molecular flexibility index (Phi) is 4.65. The molecule has 2 saturated heterocycles. The van der Waals surface area contributed by atoms with E-state index in [-0.39, 0.29) is 5.41 Å². The molecule has 3 fully saturated rings. The van der Waals surface area contributed by atoms with Crippen molar-refractivity contribution in [1.29, 1.82) is 0 Å². The molecular weight excluding hydrogens is 288 g/mol. The van der Waals surface area contributed by atoms with Crippen LogP contribution in [0.2, 0.25) is 0 Å². The van der Waals surface area contributed by atoms with Gasteiger partial charge in [-0.1, -0.05) is 0 Å². The first-order chi connectivity index (χ1) is 11.3. The number of nitrogens with zero attached hydrogens (tertiary/aromatic N) is 2. The number of rotatable bonds is 6. The Hall–Kier alpha value is -0.970. The fraction of sp³-hybridized carbons (Fsp3) is 0.737. The smallest absolute Gasteiger partial charge is 0.0718 e. The minimum absolute atomic E-state index is 0.207. The average Bonchev–Trinajstić information content (AvgIpc) is 3.39. The van der Waals surface area contributed by atoms with Gasteiger partial charge in [0, 0.05) is 44.0 Å². The number of aromatic nitrogens is 1. The van der Waals surface area contributed by atoms with Gasteiger partial charge in [-0.25, -0.2) is 0 Å². The first-order valence-electron chi connectivity index (χ1n) is 9.15. The van der Waals surface area contributed by atoms with Gasteiger partial charge >= 0.3 is 0 Å². The van der Waals surface area contributed by atoms with Gasteiger partial charge < -0.3 is 14.4 Å². The maximum absolute atomic E-state index is 6.15. The molecule has 1 aromatic rings. The molecule has 0 unspecified atom stereocenters. The van der Waals surface area contributed by atoms with Gasteiger partial charge in [-0.3, -0.25) is 4.98 Å². The summed E-state index contributed by atoms with van der Waals surface area (Å²) in [6, 6.07) is 4.07. The number of pyridine rings is 1. The number of likely N-dealkylation sites (tertiary alicyclic amines) is 1. The van der Waals surface area contributed by atoms with Crippen LogP contribution in [0.15, 0.2) is 24.5 Å². The van der Waals surface area contributed by atoms with Crippen molar-refractivity contribution in [2.45, 2.75) is 44.8 Å². The van der Waals surface area contributed by atoms with Gasteiger partial charge in [-0.15, -0.1) is 0 Å². The quantitative estimate of drug-likeness (QED) is 0.808. The molecule has 1 saturated carbocycles. The third kappa shape index (κ3) is 3.76. The van der Waals surface area contributed by atoms with E-state index in [9.17, 15) is 0 Å². The molecule has 23 heavy (non-hydrogen) atoms. The number of hydrogen-bond donors (Lipinski definition) is 0. The third-order valence-electron chi connectivity index (χ3n) is 5.69. The van der Waals surface area contributed by atoms with Crippen molar-refractivity contribution in [2.24, 2.45) is 11.3 Å². The summed E-state index contributed by atoms with van der Waals surface area (Å²) in [7, 11) is 0. The molecule has 4 rings (SSSR count). The molecule has 1 aromatic heterocycles. The van der Waals surface area contributed by atoms with Gasteiger partial charge in [0.2, 0.25) is 0 Å². The van der Waals surface area contributed by atoms with Gasteiger partial charge in [0.15, 0.2) is 0 Å². The molecule has 2 aliphatic heterocycles. The van der Waals surface area contributed by atoms with Gasteiger partial charge in [-0.2, -0.15) is 0 Å². The lowest BCUT2D eigenvalue weighted by atomic mass is 9.73. The van der Waals surface area contributed by atoms with Crippen molar-refractivity contribution in [2.75, 3.05) is 32.8 Å². The summed E-state index contributed by atoms with van der Waals surface area (Å²) in [4.78, 5) is 6.75. The van der Waals surface area contributed by atoms with Crippen molar-refractivity contribution in [3.8, 4) is 0 Å². The van der Waals surface area contributed by atoms with Crippen molar-refractivity contribution >= 4 is 0 Å².